The Morgan fingerprint density at radius 2 is 0.825 bits per heavy atom. The van der Waals surface area contributed by atoms with Crippen LogP contribution in [0.3, 0.4) is 0 Å². The van der Waals surface area contributed by atoms with Gasteiger partial charge in [-0.05, 0) is 108 Å². The summed E-state index contributed by atoms with van der Waals surface area (Å²) in [6, 6.07) is 64.8. The quantitative estimate of drug-likeness (QED) is 0.181. The van der Waals surface area contributed by atoms with Crippen molar-refractivity contribution in [3.8, 4) is 46.4 Å². The summed E-state index contributed by atoms with van der Waals surface area (Å²) in [6.07, 6.45) is 0. The van der Waals surface area contributed by atoms with E-state index in [0.717, 1.165) is 82.8 Å². The molecule has 0 saturated heterocycles. The Morgan fingerprint density at radius 3 is 1.49 bits per heavy atom. The fraction of sp³-hybridized carbons (Fsp3) is 0. The molecule has 0 aliphatic heterocycles. The Hall–Kier alpha value is -8.37. The van der Waals surface area contributed by atoms with Crippen molar-refractivity contribution in [3.05, 3.63) is 187 Å². The molecule has 57 heavy (non-hydrogen) atoms. The number of rotatable bonds is 4. The molecule has 0 amide bonds. The van der Waals surface area contributed by atoms with Gasteiger partial charge in [-0.25, -0.2) is 0 Å². The predicted molar refractivity (Wildman–Crippen MR) is 229 cm³/mol. The highest BCUT2D eigenvalue weighted by atomic mass is 15.0. The van der Waals surface area contributed by atoms with Gasteiger partial charge in [0, 0.05) is 43.7 Å². The van der Waals surface area contributed by atoms with Gasteiger partial charge in [-0.3, -0.25) is 0 Å². The van der Waals surface area contributed by atoms with E-state index >= 15 is 0 Å². The minimum atomic E-state index is 0.546. The molecule has 3 aromatic heterocycles. The Balaban J connectivity index is 1.14. The zero-order chi connectivity index (χ0) is 38.2. The molecular weight excluding hydrogens is 697 g/mol. The second kappa shape index (κ2) is 12.3. The third-order valence-electron chi connectivity index (χ3n) is 11.3. The van der Waals surface area contributed by atoms with Crippen molar-refractivity contribution in [2.75, 3.05) is 0 Å². The van der Waals surface area contributed by atoms with Crippen LogP contribution in [0.15, 0.2) is 170 Å². The highest BCUT2D eigenvalue weighted by Crippen LogP contribution is 2.41. The topological polar surface area (TPSA) is 86.2 Å². The molecule has 6 nitrogen and oxygen atoms in total. The first-order valence-corrected chi connectivity index (χ1v) is 18.7. The van der Waals surface area contributed by atoms with Crippen molar-refractivity contribution in [2.24, 2.45) is 0 Å². The number of fused-ring (bicyclic) bond motifs is 9. The molecule has 0 aliphatic rings. The van der Waals surface area contributed by atoms with Gasteiger partial charge in [-0.15, -0.1) is 0 Å². The molecule has 0 unspecified atom stereocenters. The molecule has 0 spiro atoms. The van der Waals surface area contributed by atoms with E-state index in [2.05, 4.69) is 141 Å². The summed E-state index contributed by atoms with van der Waals surface area (Å²) < 4.78 is 6.80. The normalized spacial score (nSPS) is 11.5. The molecule has 0 bridgehead atoms. The van der Waals surface area contributed by atoms with Crippen LogP contribution in [0.1, 0.15) is 16.7 Å². The second-order valence-corrected chi connectivity index (χ2v) is 14.3. The van der Waals surface area contributed by atoms with E-state index < -0.39 is 0 Å². The van der Waals surface area contributed by atoms with Gasteiger partial charge in [0.05, 0.1) is 73.7 Å². The van der Waals surface area contributed by atoms with Gasteiger partial charge < -0.3 is 13.7 Å². The van der Waals surface area contributed by atoms with Crippen LogP contribution < -0.4 is 0 Å². The number of hydrogen-bond acceptors (Lipinski definition) is 3. The summed E-state index contributed by atoms with van der Waals surface area (Å²) in [5.41, 5.74) is 12.7. The monoisotopic (exact) mass is 724 g/mol. The third kappa shape index (κ3) is 4.74. The summed E-state index contributed by atoms with van der Waals surface area (Å²) in [5.74, 6) is 0. The molecule has 11 rings (SSSR count). The summed E-state index contributed by atoms with van der Waals surface area (Å²) in [7, 11) is 0. The lowest BCUT2D eigenvalue weighted by atomic mass is 10.0. The van der Waals surface area contributed by atoms with Gasteiger partial charge in [0.15, 0.2) is 0 Å². The van der Waals surface area contributed by atoms with Gasteiger partial charge in [0.25, 0.3) is 0 Å². The molecule has 3 heterocycles. The van der Waals surface area contributed by atoms with Crippen molar-refractivity contribution in [2.45, 2.75) is 0 Å². The lowest BCUT2D eigenvalue weighted by Gasteiger charge is -2.14. The van der Waals surface area contributed by atoms with E-state index in [1.165, 1.54) is 10.8 Å². The number of benzene rings is 8. The van der Waals surface area contributed by atoms with Crippen LogP contribution in [0.25, 0.3) is 93.6 Å². The van der Waals surface area contributed by atoms with E-state index in [-0.39, 0.29) is 0 Å². The van der Waals surface area contributed by atoms with Crippen LogP contribution >= 0.6 is 0 Å². The van der Waals surface area contributed by atoms with E-state index in [9.17, 15) is 15.8 Å². The standard InChI is InChI=1S/C51H28N6/c52-29-32-19-21-47-42(25-32)41-13-3-4-14-44(41)56(47)38-24-34(31-54)23-36(28-38)35-9-7-10-37(27-35)55-48-22-20-33(30-53)26-43(48)51-49(55)17-8-18-50(51)57-45-15-5-1-11-39(45)40-12-2-6-16-46(40)57/h1-28H. The minimum absolute atomic E-state index is 0.546. The molecule has 0 aliphatic carbocycles. The van der Waals surface area contributed by atoms with Crippen LogP contribution in [0.4, 0.5) is 0 Å². The molecule has 0 fully saturated rings. The van der Waals surface area contributed by atoms with E-state index in [1.54, 1.807) is 0 Å². The summed E-state index contributed by atoms with van der Waals surface area (Å²) in [4.78, 5) is 0. The minimum Gasteiger partial charge on any atom is -0.309 e. The number of nitriles is 3. The predicted octanol–water partition coefficient (Wildman–Crippen LogP) is 12.3. The van der Waals surface area contributed by atoms with Gasteiger partial charge in [0.2, 0.25) is 0 Å². The first-order chi connectivity index (χ1) is 28.1. The molecule has 0 saturated carbocycles. The molecular formula is C51H28N6. The molecule has 262 valence electrons. The molecule has 11 aromatic rings. The molecule has 0 atom stereocenters. The van der Waals surface area contributed by atoms with E-state index in [4.69, 9.17) is 0 Å². The Bertz CT molecular complexity index is 3580. The zero-order valence-electron chi connectivity index (χ0n) is 30.3. The van der Waals surface area contributed by atoms with Gasteiger partial charge in [-0.1, -0.05) is 72.8 Å². The Kier molecular flexibility index (Phi) is 6.95. The summed E-state index contributed by atoms with van der Waals surface area (Å²) in [6.45, 7) is 0. The first-order valence-electron chi connectivity index (χ1n) is 18.7. The lowest BCUT2D eigenvalue weighted by molar-refractivity contribution is 1.17. The number of aromatic nitrogens is 3. The van der Waals surface area contributed by atoms with Crippen molar-refractivity contribution < 1.29 is 0 Å². The van der Waals surface area contributed by atoms with Crippen molar-refractivity contribution in [3.63, 3.8) is 0 Å². The molecule has 6 heteroatoms. The van der Waals surface area contributed by atoms with E-state index in [0.29, 0.717) is 16.7 Å². The smallest absolute Gasteiger partial charge is 0.0992 e. The second-order valence-electron chi connectivity index (χ2n) is 14.3. The molecule has 8 aromatic carbocycles. The maximum atomic E-state index is 10.3. The molecule has 0 N–H and O–H groups in total. The van der Waals surface area contributed by atoms with Crippen LogP contribution in [0.2, 0.25) is 0 Å². The van der Waals surface area contributed by atoms with Crippen LogP contribution in [0, 0.1) is 34.0 Å². The van der Waals surface area contributed by atoms with Gasteiger partial charge >= 0.3 is 0 Å². The highest BCUT2D eigenvalue weighted by Gasteiger charge is 2.21. The third-order valence-corrected chi connectivity index (χ3v) is 11.3. The van der Waals surface area contributed by atoms with Crippen LogP contribution in [-0.4, -0.2) is 13.7 Å². The number of nitrogens with zero attached hydrogens (tertiary/aromatic N) is 6. The maximum absolute atomic E-state index is 10.3. The SMILES string of the molecule is N#Cc1cc(-c2cccc(-n3c4ccc(C#N)cc4c4c(-n5c6ccccc6c6ccccc65)cccc43)c2)cc(-n2c3ccccc3c3cc(C#N)ccc32)c1. The maximum Gasteiger partial charge on any atom is 0.0992 e. The average molecular weight is 725 g/mol. The fourth-order valence-electron chi connectivity index (χ4n) is 8.88. The van der Waals surface area contributed by atoms with Crippen molar-refractivity contribution in [1.29, 1.82) is 15.8 Å². The van der Waals surface area contributed by atoms with Gasteiger partial charge in [0.1, 0.15) is 0 Å². The van der Waals surface area contributed by atoms with E-state index in [1.807, 2.05) is 60.7 Å². The molecule has 0 radical (unpaired) electrons. The fourth-order valence-corrected chi connectivity index (χ4v) is 8.88. The Morgan fingerprint density at radius 1 is 0.316 bits per heavy atom. The lowest BCUT2D eigenvalue weighted by Crippen LogP contribution is -1.98. The van der Waals surface area contributed by atoms with Crippen LogP contribution in [-0.2, 0) is 0 Å². The average Bonchev–Trinajstić information content (AvgIpc) is 3.91. The summed E-state index contributed by atoms with van der Waals surface area (Å²) in [5, 5.41) is 36.5. The summed E-state index contributed by atoms with van der Waals surface area (Å²) >= 11 is 0. The first kappa shape index (κ1) is 32.1. The van der Waals surface area contributed by atoms with Crippen LogP contribution in [0.5, 0.6) is 0 Å². The highest BCUT2D eigenvalue weighted by molar-refractivity contribution is 6.17. The number of hydrogen-bond donors (Lipinski definition) is 0. The van der Waals surface area contributed by atoms with Gasteiger partial charge in [-0.2, -0.15) is 15.8 Å². The largest absolute Gasteiger partial charge is 0.309 e. The van der Waals surface area contributed by atoms with Crippen molar-refractivity contribution in [1.82, 2.24) is 13.7 Å². The zero-order valence-corrected chi connectivity index (χ0v) is 30.3. The van der Waals surface area contributed by atoms with Crippen molar-refractivity contribution >= 4 is 65.4 Å². The Labute approximate surface area is 326 Å². The number of para-hydroxylation sites is 3.